The molecule has 2 aromatic heterocycles. The largest absolute Gasteiger partial charge is 0.484 e. The van der Waals surface area contributed by atoms with Gasteiger partial charge in [-0.1, -0.05) is 23.2 Å². The van der Waals surface area contributed by atoms with Crippen molar-refractivity contribution in [1.29, 1.82) is 0 Å². The quantitative estimate of drug-likeness (QED) is 0.408. The smallest absolute Gasteiger partial charge is 0.264 e. The standard InChI is InChI=1S/C24H25FN6O3/c25-18-6-8-19(9-7-18)33-16-22-26-24(28-34-22)17-5-10-21-20(15-17)27-29-31(21)14-11-23(32)30-12-3-1-2-4-13-30/h5-10,15H,1-4,11-14,16H2. The highest BCUT2D eigenvalue weighted by Gasteiger charge is 2.17. The predicted octanol–water partition coefficient (Wildman–Crippen LogP) is 3.99. The molecule has 0 radical (unpaired) electrons. The summed E-state index contributed by atoms with van der Waals surface area (Å²) in [6.45, 7) is 2.25. The molecular weight excluding hydrogens is 439 g/mol. The summed E-state index contributed by atoms with van der Waals surface area (Å²) in [6.07, 6.45) is 4.96. The van der Waals surface area contributed by atoms with E-state index in [1.165, 1.54) is 37.1 Å². The third-order valence-electron chi connectivity index (χ3n) is 5.91. The maximum atomic E-state index is 13.0. The number of benzene rings is 2. The van der Waals surface area contributed by atoms with E-state index in [9.17, 15) is 9.18 Å². The molecule has 0 spiro atoms. The van der Waals surface area contributed by atoms with Crippen molar-refractivity contribution in [3.05, 3.63) is 54.2 Å². The summed E-state index contributed by atoms with van der Waals surface area (Å²) in [6, 6.07) is 11.3. The van der Waals surface area contributed by atoms with E-state index in [0.717, 1.165) is 37.0 Å². The Labute approximate surface area is 195 Å². The summed E-state index contributed by atoms with van der Waals surface area (Å²) in [5, 5.41) is 12.5. The summed E-state index contributed by atoms with van der Waals surface area (Å²) in [4.78, 5) is 18.9. The third kappa shape index (κ3) is 5.05. The number of aryl methyl sites for hydroxylation is 1. The van der Waals surface area contributed by atoms with Crippen LogP contribution in [0.2, 0.25) is 0 Å². The minimum atomic E-state index is -0.330. The zero-order valence-corrected chi connectivity index (χ0v) is 18.7. The Morgan fingerprint density at radius 2 is 1.85 bits per heavy atom. The monoisotopic (exact) mass is 464 g/mol. The van der Waals surface area contributed by atoms with Crippen LogP contribution in [-0.2, 0) is 17.9 Å². The second-order valence-corrected chi connectivity index (χ2v) is 8.32. The minimum Gasteiger partial charge on any atom is -0.484 e. The van der Waals surface area contributed by atoms with Crippen molar-refractivity contribution in [1.82, 2.24) is 30.0 Å². The first-order valence-electron chi connectivity index (χ1n) is 11.5. The van der Waals surface area contributed by atoms with Gasteiger partial charge in [-0.25, -0.2) is 9.07 Å². The van der Waals surface area contributed by atoms with E-state index in [2.05, 4.69) is 20.5 Å². The second-order valence-electron chi connectivity index (χ2n) is 8.32. The molecule has 34 heavy (non-hydrogen) atoms. The minimum absolute atomic E-state index is 0.0715. The maximum Gasteiger partial charge on any atom is 0.264 e. The number of halogens is 1. The molecule has 9 nitrogen and oxygen atoms in total. The lowest BCUT2D eigenvalue weighted by Crippen LogP contribution is -2.32. The van der Waals surface area contributed by atoms with Crippen LogP contribution in [0.1, 0.15) is 38.0 Å². The van der Waals surface area contributed by atoms with Crippen LogP contribution < -0.4 is 4.74 Å². The number of amides is 1. The lowest BCUT2D eigenvalue weighted by molar-refractivity contribution is -0.131. The Balaban J connectivity index is 1.22. The molecular formula is C24H25FN6O3. The molecule has 10 heteroatoms. The van der Waals surface area contributed by atoms with Gasteiger partial charge in [-0.3, -0.25) is 4.79 Å². The van der Waals surface area contributed by atoms with Gasteiger partial charge in [0.2, 0.25) is 11.7 Å². The Bertz CT molecular complexity index is 1260. The molecule has 176 valence electrons. The Hall–Kier alpha value is -3.82. The van der Waals surface area contributed by atoms with Crippen molar-refractivity contribution in [2.45, 2.75) is 45.3 Å². The molecule has 0 bridgehead atoms. The van der Waals surface area contributed by atoms with Crippen LogP contribution in [-0.4, -0.2) is 49.0 Å². The van der Waals surface area contributed by atoms with Gasteiger partial charge in [0, 0.05) is 25.1 Å². The Morgan fingerprint density at radius 1 is 1.06 bits per heavy atom. The van der Waals surface area contributed by atoms with E-state index in [1.807, 2.05) is 23.1 Å². The number of hydrogen-bond acceptors (Lipinski definition) is 7. The number of hydrogen-bond donors (Lipinski definition) is 0. The molecule has 1 aliphatic rings. The normalized spacial score (nSPS) is 14.3. The van der Waals surface area contributed by atoms with Crippen LogP contribution in [0.4, 0.5) is 4.39 Å². The Kier molecular flexibility index (Phi) is 6.46. The number of likely N-dealkylation sites (tertiary alicyclic amines) is 1. The fraction of sp³-hybridized carbons (Fsp3) is 0.375. The summed E-state index contributed by atoms with van der Waals surface area (Å²) >= 11 is 0. The molecule has 2 aromatic carbocycles. The van der Waals surface area contributed by atoms with Crippen LogP contribution in [0.5, 0.6) is 5.75 Å². The summed E-state index contributed by atoms with van der Waals surface area (Å²) < 4.78 is 25.6. The highest BCUT2D eigenvalue weighted by atomic mass is 19.1. The molecule has 0 atom stereocenters. The zero-order chi connectivity index (χ0) is 23.3. The first-order chi connectivity index (χ1) is 16.7. The number of aromatic nitrogens is 5. The second kappa shape index (κ2) is 9.98. The van der Waals surface area contributed by atoms with Gasteiger partial charge in [-0.15, -0.1) is 5.10 Å². The molecule has 1 saturated heterocycles. The number of carbonyl (C=O) groups is 1. The van der Waals surface area contributed by atoms with Crippen molar-refractivity contribution in [2.75, 3.05) is 13.1 Å². The topological polar surface area (TPSA) is 99.2 Å². The van der Waals surface area contributed by atoms with Gasteiger partial charge < -0.3 is 14.2 Å². The van der Waals surface area contributed by atoms with E-state index in [0.29, 0.717) is 35.9 Å². The predicted molar refractivity (Wildman–Crippen MR) is 121 cm³/mol. The SMILES string of the molecule is O=C(CCn1nnc2cc(-c3noc(COc4ccc(F)cc4)n3)ccc21)N1CCCCCC1. The first-order valence-corrected chi connectivity index (χ1v) is 11.5. The number of fused-ring (bicyclic) bond motifs is 1. The molecule has 1 fully saturated rings. The highest BCUT2D eigenvalue weighted by Crippen LogP contribution is 2.22. The fourth-order valence-corrected chi connectivity index (χ4v) is 4.06. The molecule has 0 saturated carbocycles. The molecule has 5 rings (SSSR count). The summed E-state index contributed by atoms with van der Waals surface area (Å²) in [7, 11) is 0. The van der Waals surface area contributed by atoms with Crippen molar-refractivity contribution in [3.63, 3.8) is 0 Å². The van der Waals surface area contributed by atoms with Crippen molar-refractivity contribution >= 4 is 16.9 Å². The van der Waals surface area contributed by atoms with Crippen molar-refractivity contribution in [3.8, 4) is 17.1 Å². The third-order valence-corrected chi connectivity index (χ3v) is 5.91. The zero-order valence-electron chi connectivity index (χ0n) is 18.7. The van der Waals surface area contributed by atoms with Gasteiger partial charge in [0.1, 0.15) is 17.1 Å². The number of ether oxygens (including phenoxy) is 1. The fourth-order valence-electron chi connectivity index (χ4n) is 4.06. The van der Waals surface area contributed by atoms with Crippen LogP contribution in [0.15, 0.2) is 47.0 Å². The maximum absolute atomic E-state index is 13.0. The van der Waals surface area contributed by atoms with Crippen LogP contribution in [0, 0.1) is 5.82 Å². The van der Waals surface area contributed by atoms with Gasteiger partial charge in [0.05, 0.1) is 12.1 Å². The molecule has 0 aliphatic carbocycles. The van der Waals surface area contributed by atoms with E-state index >= 15 is 0 Å². The van der Waals surface area contributed by atoms with E-state index in [1.54, 1.807) is 4.68 Å². The molecule has 0 N–H and O–H groups in total. The highest BCUT2D eigenvalue weighted by molar-refractivity contribution is 5.80. The van der Waals surface area contributed by atoms with Gasteiger partial charge >= 0.3 is 0 Å². The Morgan fingerprint density at radius 3 is 2.65 bits per heavy atom. The lowest BCUT2D eigenvalue weighted by atomic mass is 10.2. The number of carbonyl (C=O) groups excluding carboxylic acids is 1. The average molecular weight is 465 g/mol. The van der Waals surface area contributed by atoms with Crippen LogP contribution in [0.3, 0.4) is 0 Å². The molecule has 0 unspecified atom stereocenters. The summed E-state index contributed by atoms with van der Waals surface area (Å²) in [5.41, 5.74) is 2.27. The van der Waals surface area contributed by atoms with E-state index in [-0.39, 0.29) is 18.3 Å². The number of rotatable bonds is 7. The molecule has 4 aromatic rings. The molecule has 3 heterocycles. The van der Waals surface area contributed by atoms with E-state index < -0.39 is 0 Å². The van der Waals surface area contributed by atoms with Crippen LogP contribution >= 0.6 is 0 Å². The van der Waals surface area contributed by atoms with Gasteiger partial charge in [-0.2, -0.15) is 4.98 Å². The van der Waals surface area contributed by atoms with Crippen molar-refractivity contribution < 1.29 is 18.4 Å². The average Bonchev–Trinajstić information content (AvgIpc) is 3.40. The molecule has 1 aliphatic heterocycles. The lowest BCUT2D eigenvalue weighted by Gasteiger charge is -2.20. The van der Waals surface area contributed by atoms with E-state index in [4.69, 9.17) is 9.26 Å². The van der Waals surface area contributed by atoms with Crippen molar-refractivity contribution in [2.24, 2.45) is 0 Å². The van der Waals surface area contributed by atoms with Crippen LogP contribution in [0.25, 0.3) is 22.4 Å². The van der Waals surface area contributed by atoms with Gasteiger partial charge in [-0.05, 0) is 55.3 Å². The molecule has 1 amide bonds. The van der Waals surface area contributed by atoms with Gasteiger partial charge in [0.25, 0.3) is 5.89 Å². The number of nitrogens with zero attached hydrogens (tertiary/aromatic N) is 6. The first kappa shape index (κ1) is 22.0. The summed E-state index contributed by atoms with van der Waals surface area (Å²) in [5.74, 6) is 1.06. The van der Waals surface area contributed by atoms with Gasteiger partial charge in [0.15, 0.2) is 6.61 Å².